The number of nitrogens with one attached hydrogen (secondary N) is 2. The van der Waals surface area contributed by atoms with Gasteiger partial charge in [-0.25, -0.2) is 0 Å². The van der Waals surface area contributed by atoms with Gasteiger partial charge >= 0.3 is 0 Å². The van der Waals surface area contributed by atoms with E-state index in [2.05, 4.69) is 40.4 Å². The highest BCUT2D eigenvalue weighted by molar-refractivity contribution is 9.10. The predicted octanol–water partition coefficient (Wildman–Crippen LogP) is 3.82. The second kappa shape index (κ2) is 9.62. The molecule has 2 amide bonds. The van der Waals surface area contributed by atoms with E-state index in [4.69, 9.17) is 0 Å². The quantitative estimate of drug-likeness (QED) is 0.685. The Labute approximate surface area is 141 Å². The molecule has 1 atom stereocenters. The largest absolute Gasteiger partial charge is 0.355 e. The van der Waals surface area contributed by atoms with Gasteiger partial charge in [-0.3, -0.25) is 9.59 Å². The SMILES string of the molecule is CCCC(Br)C(=O)NCCC(=O)Nc1ccc(C(C)C)cc1. The molecule has 0 heterocycles. The Morgan fingerprint density at radius 3 is 2.36 bits per heavy atom. The van der Waals surface area contributed by atoms with Crippen molar-refractivity contribution in [2.45, 2.75) is 50.8 Å². The maximum atomic E-state index is 11.8. The van der Waals surface area contributed by atoms with Gasteiger partial charge in [-0.1, -0.05) is 55.3 Å². The van der Waals surface area contributed by atoms with Crippen LogP contribution in [0.1, 0.15) is 51.5 Å². The van der Waals surface area contributed by atoms with Gasteiger partial charge < -0.3 is 10.6 Å². The minimum Gasteiger partial charge on any atom is -0.355 e. The fraction of sp³-hybridized carbons (Fsp3) is 0.529. The second-order valence-corrected chi connectivity index (χ2v) is 6.73. The van der Waals surface area contributed by atoms with Crippen molar-refractivity contribution < 1.29 is 9.59 Å². The zero-order chi connectivity index (χ0) is 16.5. The van der Waals surface area contributed by atoms with Gasteiger partial charge in [-0.2, -0.15) is 0 Å². The van der Waals surface area contributed by atoms with Crippen LogP contribution in [-0.4, -0.2) is 23.2 Å². The van der Waals surface area contributed by atoms with Crippen molar-refractivity contribution in [3.63, 3.8) is 0 Å². The Hall–Kier alpha value is -1.36. The molecule has 1 rings (SSSR count). The molecular weight excluding hydrogens is 344 g/mol. The number of benzene rings is 1. The Balaban J connectivity index is 2.33. The number of alkyl halides is 1. The first-order chi connectivity index (χ1) is 10.4. The van der Waals surface area contributed by atoms with Crippen LogP contribution in [0.5, 0.6) is 0 Å². The number of hydrogen-bond donors (Lipinski definition) is 2. The first-order valence-corrected chi connectivity index (χ1v) is 8.67. The summed E-state index contributed by atoms with van der Waals surface area (Å²) in [5.74, 6) is 0.315. The summed E-state index contributed by atoms with van der Waals surface area (Å²) < 4.78 is 0. The summed E-state index contributed by atoms with van der Waals surface area (Å²) in [4.78, 5) is 23.3. The van der Waals surface area contributed by atoms with Gasteiger partial charge in [0, 0.05) is 18.7 Å². The summed E-state index contributed by atoms with van der Waals surface area (Å²) in [5.41, 5.74) is 2.02. The van der Waals surface area contributed by atoms with Gasteiger partial charge in [-0.05, 0) is 30.0 Å². The zero-order valence-corrected chi connectivity index (χ0v) is 15.1. The summed E-state index contributed by atoms with van der Waals surface area (Å²) in [6, 6.07) is 7.84. The molecule has 0 aromatic heterocycles. The van der Waals surface area contributed by atoms with Crippen molar-refractivity contribution in [3.8, 4) is 0 Å². The lowest BCUT2D eigenvalue weighted by Crippen LogP contribution is -2.33. The maximum absolute atomic E-state index is 11.8. The number of carbonyl (C=O) groups excluding carboxylic acids is 2. The minimum atomic E-state index is -0.177. The number of hydrogen-bond acceptors (Lipinski definition) is 2. The van der Waals surface area contributed by atoms with Crippen LogP contribution in [0.15, 0.2) is 24.3 Å². The molecule has 0 aliphatic rings. The van der Waals surface area contributed by atoms with E-state index in [1.807, 2.05) is 31.2 Å². The van der Waals surface area contributed by atoms with Crippen LogP contribution in [0, 0.1) is 0 Å². The molecule has 2 N–H and O–H groups in total. The molecule has 1 aromatic rings. The fourth-order valence-electron chi connectivity index (χ4n) is 1.97. The Kier molecular flexibility index (Phi) is 8.17. The smallest absolute Gasteiger partial charge is 0.233 e. The molecule has 0 fully saturated rings. The van der Waals surface area contributed by atoms with Crippen LogP contribution in [0.4, 0.5) is 5.69 Å². The minimum absolute atomic E-state index is 0.0593. The number of amides is 2. The molecule has 4 nitrogen and oxygen atoms in total. The summed E-state index contributed by atoms with van der Waals surface area (Å²) in [7, 11) is 0. The molecule has 22 heavy (non-hydrogen) atoms. The summed E-state index contributed by atoms with van der Waals surface area (Å²) in [5, 5.41) is 5.60. The summed E-state index contributed by atoms with van der Waals surface area (Å²) in [6.07, 6.45) is 2.00. The van der Waals surface area contributed by atoms with Crippen molar-refractivity contribution in [2.24, 2.45) is 0 Å². The lowest BCUT2D eigenvalue weighted by Gasteiger charge is -2.10. The van der Waals surface area contributed by atoms with E-state index >= 15 is 0 Å². The molecule has 0 radical (unpaired) electrons. The van der Waals surface area contributed by atoms with Crippen molar-refractivity contribution in [1.82, 2.24) is 5.32 Å². The van der Waals surface area contributed by atoms with Gasteiger partial charge in [0.2, 0.25) is 11.8 Å². The van der Waals surface area contributed by atoms with Crippen LogP contribution in [0.2, 0.25) is 0 Å². The third-order valence-corrected chi connectivity index (χ3v) is 4.21. The van der Waals surface area contributed by atoms with Gasteiger partial charge in [-0.15, -0.1) is 0 Å². The first kappa shape index (κ1) is 18.7. The van der Waals surface area contributed by atoms with Gasteiger partial charge in [0.1, 0.15) is 0 Å². The first-order valence-electron chi connectivity index (χ1n) is 7.75. The molecular formula is C17H25BrN2O2. The van der Waals surface area contributed by atoms with Crippen molar-refractivity contribution in [3.05, 3.63) is 29.8 Å². The molecule has 5 heteroatoms. The molecule has 122 valence electrons. The van der Waals surface area contributed by atoms with Crippen LogP contribution in [0.25, 0.3) is 0 Å². The Morgan fingerprint density at radius 1 is 1.18 bits per heavy atom. The average molecular weight is 369 g/mol. The Morgan fingerprint density at radius 2 is 1.82 bits per heavy atom. The van der Waals surface area contributed by atoms with E-state index in [0.717, 1.165) is 18.5 Å². The monoisotopic (exact) mass is 368 g/mol. The third-order valence-electron chi connectivity index (χ3n) is 3.34. The zero-order valence-electron chi connectivity index (χ0n) is 13.5. The van der Waals surface area contributed by atoms with Gasteiger partial charge in [0.05, 0.1) is 4.83 Å². The van der Waals surface area contributed by atoms with E-state index in [1.165, 1.54) is 5.56 Å². The topological polar surface area (TPSA) is 58.2 Å². The molecule has 0 bridgehead atoms. The summed E-state index contributed by atoms with van der Waals surface area (Å²) >= 11 is 3.33. The highest BCUT2D eigenvalue weighted by atomic mass is 79.9. The molecule has 0 aliphatic heterocycles. The van der Waals surface area contributed by atoms with E-state index in [-0.39, 0.29) is 23.1 Å². The van der Waals surface area contributed by atoms with Crippen LogP contribution in [-0.2, 0) is 9.59 Å². The molecule has 0 aliphatic carbocycles. The van der Waals surface area contributed by atoms with Crippen LogP contribution < -0.4 is 10.6 Å². The summed E-state index contributed by atoms with van der Waals surface area (Å²) in [6.45, 7) is 6.64. The number of halogens is 1. The van der Waals surface area contributed by atoms with Crippen LogP contribution >= 0.6 is 15.9 Å². The van der Waals surface area contributed by atoms with E-state index in [1.54, 1.807) is 0 Å². The molecule has 1 unspecified atom stereocenters. The fourth-order valence-corrected chi connectivity index (χ4v) is 2.59. The van der Waals surface area contributed by atoms with Crippen molar-refractivity contribution in [1.29, 1.82) is 0 Å². The van der Waals surface area contributed by atoms with E-state index < -0.39 is 0 Å². The maximum Gasteiger partial charge on any atom is 0.233 e. The molecule has 0 saturated carbocycles. The predicted molar refractivity (Wildman–Crippen MR) is 94.4 cm³/mol. The van der Waals surface area contributed by atoms with E-state index in [0.29, 0.717) is 12.5 Å². The normalized spacial score (nSPS) is 12.0. The number of rotatable bonds is 8. The van der Waals surface area contributed by atoms with E-state index in [9.17, 15) is 9.59 Å². The molecule has 0 saturated heterocycles. The second-order valence-electron chi connectivity index (χ2n) is 5.62. The highest BCUT2D eigenvalue weighted by Gasteiger charge is 2.13. The van der Waals surface area contributed by atoms with Crippen molar-refractivity contribution in [2.75, 3.05) is 11.9 Å². The lowest BCUT2D eigenvalue weighted by atomic mass is 10.0. The molecule has 0 spiro atoms. The van der Waals surface area contributed by atoms with Gasteiger partial charge in [0.15, 0.2) is 0 Å². The third kappa shape index (κ3) is 6.60. The van der Waals surface area contributed by atoms with Gasteiger partial charge in [0.25, 0.3) is 0 Å². The lowest BCUT2D eigenvalue weighted by molar-refractivity contribution is -0.120. The number of anilines is 1. The standard InChI is InChI=1S/C17H25BrN2O2/c1-4-5-15(18)17(22)19-11-10-16(21)20-14-8-6-13(7-9-14)12(2)3/h6-9,12,15H,4-5,10-11H2,1-3H3,(H,19,22)(H,20,21). The van der Waals surface area contributed by atoms with Crippen molar-refractivity contribution >= 4 is 33.4 Å². The Bertz CT molecular complexity index is 486. The highest BCUT2D eigenvalue weighted by Crippen LogP contribution is 2.17. The average Bonchev–Trinajstić information content (AvgIpc) is 2.47. The molecule has 1 aromatic carbocycles. The number of carbonyl (C=O) groups is 2. The van der Waals surface area contributed by atoms with Crippen LogP contribution in [0.3, 0.4) is 0 Å².